The molecule has 0 saturated heterocycles. The molecule has 0 aliphatic heterocycles. The summed E-state index contributed by atoms with van der Waals surface area (Å²) in [5, 5.41) is 0.450. The lowest BCUT2D eigenvalue weighted by Gasteiger charge is -2.13. The molecule has 0 bridgehead atoms. The summed E-state index contributed by atoms with van der Waals surface area (Å²) in [7, 11) is 1.52. The van der Waals surface area contributed by atoms with Crippen molar-refractivity contribution in [2.24, 2.45) is 0 Å². The largest absolute Gasteiger partial charge is 0.493 e. The van der Waals surface area contributed by atoms with Gasteiger partial charge in [-0.25, -0.2) is 0 Å². The maximum Gasteiger partial charge on any atom is 0.171 e. The van der Waals surface area contributed by atoms with Crippen LogP contribution in [-0.2, 0) is 6.42 Å². The van der Waals surface area contributed by atoms with Crippen LogP contribution in [0.15, 0.2) is 42.5 Å². The van der Waals surface area contributed by atoms with E-state index in [2.05, 4.69) is 12.1 Å². The van der Waals surface area contributed by atoms with E-state index in [9.17, 15) is 4.79 Å². The van der Waals surface area contributed by atoms with Gasteiger partial charge >= 0.3 is 0 Å². The highest BCUT2D eigenvalue weighted by molar-refractivity contribution is 6.31. The molecule has 110 valence electrons. The van der Waals surface area contributed by atoms with Crippen molar-refractivity contribution in [1.29, 1.82) is 0 Å². The highest BCUT2D eigenvalue weighted by Gasteiger charge is 2.12. The predicted octanol–water partition coefficient (Wildman–Crippen LogP) is 4.17. The molecule has 0 aliphatic carbocycles. The Kier molecular flexibility index (Phi) is 5.64. The van der Waals surface area contributed by atoms with Gasteiger partial charge in [-0.1, -0.05) is 41.9 Å². The number of hydrogen-bond donors (Lipinski definition) is 0. The maximum absolute atomic E-state index is 11.1. The number of methoxy groups -OCH3 is 1. The first kappa shape index (κ1) is 15.4. The molecule has 0 atom stereocenters. The quantitative estimate of drug-likeness (QED) is 0.569. The van der Waals surface area contributed by atoms with Gasteiger partial charge in [-0.05, 0) is 24.5 Å². The first-order valence-corrected chi connectivity index (χ1v) is 7.12. The third kappa shape index (κ3) is 4.23. The lowest BCUT2D eigenvalue weighted by Crippen LogP contribution is -2.03. The van der Waals surface area contributed by atoms with Crippen molar-refractivity contribution in [2.75, 3.05) is 13.7 Å². The number of halogens is 1. The second-order valence-corrected chi connectivity index (χ2v) is 5.02. The van der Waals surface area contributed by atoms with E-state index in [1.807, 2.05) is 18.2 Å². The van der Waals surface area contributed by atoms with Crippen molar-refractivity contribution in [3.63, 3.8) is 0 Å². The molecule has 21 heavy (non-hydrogen) atoms. The molecule has 0 heterocycles. The monoisotopic (exact) mass is 304 g/mol. The van der Waals surface area contributed by atoms with Crippen molar-refractivity contribution in [3.8, 4) is 11.5 Å². The lowest BCUT2D eigenvalue weighted by atomic mass is 10.1. The Labute approximate surface area is 129 Å². The first-order chi connectivity index (χ1) is 10.2. The van der Waals surface area contributed by atoms with Crippen LogP contribution in [0.25, 0.3) is 0 Å². The fourth-order valence-electron chi connectivity index (χ4n) is 2.08. The minimum absolute atomic E-state index is 0.402. The van der Waals surface area contributed by atoms with Gasteiger partial charge in [0, 0.05) is 11.1 Å². The summed E-state index contributed by atoms with van der Waals surface area (Å²) in [6, 6.07) is 13.4. The van der Waals surface area contributed by atoms with E-state index in [0.29, 0.717) is 28.7 Å². The highest BCUT2D eigenvalue weighted by atomic mass is 35.5. The number of benzene rings is 2. The van der Waals surface area contributed by atoms with E-state index in [0.717, 1.165) is 19.1 Å². The van der Waals surface area contributed by atoms with Gasteiger partial charge in [-0.3, -0.25) is 4.79 Å². The number of carbonyl (C=O) groups excluding carboxylic acids is 1. The molecule has 0 aliphatic rings. The summed E-state index contributed by atoms with van der Waals surface area (Å²) in [6.07, 6.45) is 2.50. The molecule has 0 radical (unpaired) electrons. The molecule has 0 fully saturated rings. The Balaban J connectivity index is 1.98. The van der Waals surface area contributed by atoms with Crippen molar-refractivity contribution in [2.45, 2.75) is 12.8 Å². The fraction of sp³-hybridized carbons (Fsp3) is 0.235. The summed E-state index contributed by atoms with van der Waals surface area (Å²) in [4.78, 5) is 11.1. The minimum Gasteiger partial charge on any atom is -0.493 e. The van der Waals surface area contributed by atoms with E-state index in [4.69, 9.17) is 21.1 Å². The van der Waals surface area contributed by atoms with Gasteiger partial charge < -0.3 is 9.47 Å². The van der Waals surface area contributed by atoms with E-state index in [1.165, 1.54) is 12.7 Å². The van der Waals surface area contributed by atoms with E-state index in [-0.39, 0.29) is 0 Å². The van der Waals surface area contributed by atoms with Crippen LogP contribution in [0.2, 0.25) is 5.02 Å². The van der Waals surface area contributed by atoms with Gasteiger partial charge in [0.2, 0.25) is 0 Å². The third-order valence-corrected chi connectivity index (χ3v) is 3.31. The molecule has 0 saturated carbocycles. The zero-order valence-corrected chi connectivity index (χ0v) is 12.6. The van der Waals surface area contributed by atoms with Crippen LogP contribution in [0.5, 0.6) is 11.5 Å². The molecular formula is C17H17ClO3. The van der Waals surface area contributed by atoms with Crippen LogP contribution >= 0.6 is 11.6 Å². The molecule has 0 N–H and O–H groups in total. The van der Waals surface area contributed by atoms with Crippen LogP contribution in [0, 0.1) is 0 Å². The number of aldehydes is 1. The van der Waals surface area contributed by atoms with Crippen LogP contribution in [-0.4, -0.2) is 20.0 Å². The van der Waals surface area contributed by atoms with E-state index < -0.39 is 0 Å². The molecule has 0 unspecified atom stereocenters. The van der Waals surface area contributed by atoms with Crippen molar-refractivity contribution < 1.29 is 14.3 Å². The SMILES string of the molecule is COc1cc(Cl)cc(C=O)c1OCCCc1ccccc1. The Bertz CT molecular complexity index is 596. The zero-order valence-electron chi connectivity index (χ0n) is 11.8. The second kappa shape index (κ2) is 7.70. The van der Waals surface area contributed by atoms with Crippen molar-refractivity contribution >= 4 is 17.9 Å². The van der Waals surface area contributed by atoms with E-state index in [1.54, 1.807) is 12.1 Å². The molecule has 0 aromatic heterocycles. The summed E-state index contributed by atoms with van der Waals surface area (Å²) >= 11 is 5.93. The molecule has 0 amide bonds. The molecule has 2 aromatic rings. The summed E-state index contributed by atoms with van der Waals surface area (Å²) in [6.45, 7) is 0.508. The second-order valence-electron chi connectivity index (χ2n) is 4.58. The van der Waals surface area contributed by atoms with Gasteiger partial charge in [0.1, 0.15) is 0 Å². The first-order valence-electron chi connectivity index (χ1n) is 6.74. The molecule has 2 aromatic carbocycles. The number of hydrogen-bond acceptors (Lipinski definition) is 3. The Hall–Kier alpha value is -2.00. The zero-order chi connectivity index (χ0) is 15.1. The number of carbonyl (C=O) groups is 1. The maximum atomic E-state index is 11.1. The smallest absolute Gasteiger partial charge is 0.171 e. The van der Waals surface area contributed by atoms with Crippen molar-refractivity contribution in [3.05, 3.63) is 58.6 Å². The minimum atomic E-state index is 0.402. The van der Waals surface area contributed by atoms with Gasteiger partial charge in [-0.2, -0.15) is 0 Å². The van der Waals surface area contributed by atoms with Gasteiger partial charge in [0.05, 0.1) is 19.3 Å². The van der Waals surface area contributed by atoms with Crippen LogP contribution < -0.4 is 9.47 Å². The van der Waals surface area contributed by atoms with Crippen molar-refractivity contribution in [1.82, 2.24) is 0 Å². The molecule has 2 rings (SSSR count). The Morgan fingerprint density at radius 2 is 1.95 bits per heavy atom. The molecule has 3 nitrogen and oxygen atoms in total. The summed E-state index contributed by atoms with van der Waals surface area (Å²) < 4.78 is 10.9. The molecule has 0 spiro atoms. The van der Waals surface area contributed by atoms with Gasteiger partial charge in [0.15, 0.2) is 17.8 Å². The van der Waals surface area contributed by atoms with Crippen LogP contribution in [0.4, 0.5) is 0 Å². The topological polar surface area (TPSA) is 35.5 Å². The van der Waals surface area contributed by atoms with Crippen LogP contribution in [0.1, 0.15) is 22.3 Å². The summed E-state index contributed by atoms with van der Waals surface area (Å²) in [5.41, 5.74) is 1.67. The third-order valence-electron chi connectivity index (χ3n) is 3.09. The molecule has 4 heteroatoms. The standard InChI is InChI=1S/C17H17ClO3/c1-20-16-11-15(18)10-14(12-19)17(16)21-9-5-8-13-6-3-2-4-7-13/h2-4,6-7,10-12H,5,8-9H2,1H3. The molecular weight excluding hydrogens is 288 g/mol. The highest BCUT2D eigenvalue weighted by Crippen LogP contribution is 2.33. The fourth-order valence-corrected chi connectivity index (χ4v) is 2.29. The Morgan fingerprint density at radius 1 is 1.19 bits per heavy atom. The number of ether oxygens (including phenoxy) is 2. The average Bonchev–Trinajstić information content (AvgIpc) is 2.52. The average molecular weight is 305 g/mol. The van der Waals surface area contributed by atoms with Gasteiger partial charge in [0.25, 0.3) is 0 Å². The predicted molar refractivity (Wildman–Crippen MR) is 83.6 cm³/mol. The normalized spacial score (nSPS) is 10.2. The lowest BCUT2D eigenvalue weighted by molar-refractivity contribution is 0.111. The van der Waals surface area contributed by atoms with E-state index >= 15 is 0 Å². The Morgan fingerprint density at radius 3 is 2.62 bits per heavy atom. The van der Waals surface area contributed by atoms with Crippen LogP contribution in [0.3, 0.4) is 0 Å². The number of aryl methyl sites for hydroxylation is 1. The summed E-state index contributed by atoms with van der Waals surface area (Å²) in [5.74, 6) is 0.925. The van der Waals surface area contributed by atoms with Gasteiger partial charge in [-0.15, -0.1) is 0 Å². The number of rotatable bonds is 7.